The van der Waals surface area contributed by atoms with Crippen LogP contribution in [-0.2, 0) is 29.2 Å². The van der Waals surface area contributed by atoms with Gasteiger partial charge in [0.1, 0.15) is 20.4 Å². The molecule has 0 spiro atoms. The molecule has 0 bridgehead atoms. The first-order valence-corrected chi connectivity index (χ1v) is 13.3. The average molecular weight is 493 g/mol. The second-order valence-electron chi connectivity index (χ2n) is 7.75. The summed E-state index contributed by atoms with van der Waals surface area (Å²) in [5, 5.41) is 0.305. The highest BCUT2D eigenvalue weighted by atomic mass is 35.5. The second kappa shape index (κ2) is 7.68. The maximum absolute atomic E-state index is 15.2. The monoisotopic (exact) mass is 492 g/mol. The maximum Gasteiger partial charge on any atom is 0.189 e. The Balaban J connectivity index is 2.01. The highest BCUT2D eigenvalue weighted by Gasteiger charge is 2.61. The summed E-state index contributed by atoms with van der Waals surface area (Å²) in [6.45, 7) is -0.501. The molecule has 1 fully saturated rings. The van der Waals surface area contributed by atoms with Gasteiger partial charge < -0.3 is 9.47 Å². The fourth-order valence-electron chi connectivity index (χ4n) is 4.51. The molecule has 1 saturated heterocycles. The van der Waals surface area contributed by atoms with Crippen LogP contribution in [0.4, 0.5) is 8.78 Å². The SMILES string of the molecule is CS(=O)(=O)C[C@@H]1OCC[C@@]2(S(=O)(=O)c3ccc(Cl)cc3)c3c(F)ccc(F)c3OC[C@@H]12. The van der Waals surface area contributed by atoms with Gasteiger partial charge in [-0.25, -0.2) is 25.6 Å². The molecule has 0 unspecified atom stereocenters. The van der Waals surface area contributed by atoms with Gasteiger partial charge in [0.25, 0.3) is 0 Å². The minimum atomic E-state index is -4.36. The number of rotatable bonds is 4. The molecule has 3 atom stereocenters. The number of fused-ring (bicyclic) bond motifs is 3. The topological polar surface area (TPSA) is 86.7 Å². The molecule has 31 heavy (non-hydrogen) atoms. The van der Waals surface area contributed by atoms with Crippen molar-refractivity contribution in [1.29, 1.82) is 0 Å². The van der Waals surface area contributed by atoms with Crippen molar-refractivity contribution in [1.82, 2.24) is 0 Å². The largest absolute Gasteiger partial charge is 0.490 e. The van der Waals surface area contributed by atoms with Crippen molar-refractivity contribution < 1.29 is 35.1 Å². The van der Waals surface area contributed by atoms with Gasteiger partial charge in [-0.2, -0.15) is 0 Å². The molecular weight excluding hydrogens is 474 g/mol. The standard InChI is InChI=1S/C20H19ClF2O6S2/c1-30(24,25)11-17-14-10-29-19-16(23)7-6-15(22)18(19)20(14,8-9-28-17)31(26,27)13-4-2-12(21)3-5-13/h2-7,14,17H,8-11H2,1H3/t14-,17-,20-/m0/s1. The lowest BCUT2D eigenvalue weighted by Crippen LogP contribution is -2.58. The number of hydrogen-bond donors (Lipinski definition) is 0. The van der Waals surface area contributed by atoms with Crippen molar-refractivity contribution in [3.63, 3.8) is 0 Å². The highest BCUT2D eigenvalue weighted by Crippen LogP contribution is 2.55. The molecular formula is C20H19ClF2O6S2. The summed E-state index contributed by atoms with van der Waals surface area (Å²) in [4.78, 5) is -0.140. The number of benzene rings is 2. The van der Waals surface area contributed by atoms with Crippen LogP contribution in [0.25, 0.3) is 0 Å². The van der Waals surface area contributed by atoms with E-state index in [1.54, 1.807) is 0 Å². The van der Waals surface area contributed by atoms with Crippen LogP contribution in [0.2, 0.25) is 5.02 Å². The predicted octanol–water partition coefficient (Wildman–Crippen LogP) is 3.13. The smallest absolute Gasteiger partial charge is 0.189 e. The van der Waals surface area contributed by atoms with Crippen molar-refractivity contribution in [2.24, 2.45) is 5.92 Å². The van der Waals surface area contributed by atoms with Crippen LogP contribution in [0.3, 0.4) is 0 Å². The third kappa shape index (κ3) is 3.63. The van der Waals surface area contributed by atoms with Crippen LogP contribution in [0, 0.1) is 17.6 Å². The third-order valence-electron chi connectivity index (χ3n) is 5.81. The summed E-state index contributed by atoms with van der Waals surface area (Å²) in [7, 11) is -7.93. The summed E-state index contributed by atoms with van der Waals surface area (Å²) in [5.74, 6) is -3.88. The lowest BCUT2D eigenvalue weighted by Gasteiger charge is -2.49. The van der Waals surface area contributed by atoms with Gasteiger partial charge in [0.2, 0.25) is 0 Å². The lowest BCUT2D eigenvalue weighted by molar-refractivity contribution is -0.0608. The molecule has 0 N–H and O–H groups in total. The van der Waals surface area contributed by atoms with Gasteiger partial charge in [0, 0.05) is 23.8 Å². The first-order valence-electron chi connectivity index (χ1n) is 9.38. The highest BCUT2D eigenvalue weighted by molar-refractivity contribution is 7.92. The predicted molar refractivity (Wildman–Crippen MR) is 110 cm³/mol. The van der Waals surface area contributed by atoms with E-state index in [-0.39, 0.29) is 24.5 Å². The molecule has 0 radical (unpaired) electrons. The quantitative estimate of drug-likeness (QED) is 0.651. The normalized spacial score (nSPS) is 25.9. The van der Waals surface area contributed by atoms with E-state index >= 15 is 4.39 Å². The van der Waals surface area contributed by atoms with Crippen LogP contribution in [-0.4, -0.2) is 48.2 Å². The summed E-state index contributed by atoms with van der Waals surface area (Å²) in [6.07, 6.45) is -0.278. The molecule has 2 aliphatic heterocycles. The molecule has 2 aromatic rings. The Kier molecular flexibility index (Phi) is 5.56. The van der Waals surface area contributed by atoms with Crippen LogP contribution >= 0.6 is 11.6 Å². The Labute approximate surface area is 184 Å². The van der Waals surface area contributed by atoms with Crippen molar-refractivity contribution in [2.75, 3.05) is 25.2 Å². The van der Waals surface area contributed by atoms with E-state index in [0.29, 0.717) is 5.02 Å². The van der Waals surface area contributed by atoms with Crippen LogP contribution in [0.5, 0.6) is 5.75 Å². The summed E-state index contributed by atoms with van der Waals surface area (Å²) in [5.41, 5.74) is -0.430. The molecule has 168 valence electrons. The van der Waals surface area contributed by atoms with Crippen LogP contribution in [0.15, 0.2) is 41.3 Å². The van der Waals surface area contributed by atoms with Crippen LogP contribution < -0.4 is 4.74 Å². The zero-order valence-corrected chi connectivity index (χ0v) is 18.7. The van der Waals surface area contributed by atoms with Gasteiger partial charge in [-0.3, -0.25) is 0 Å². The second-order valence-corrected chi connectivity index (χ2v) is 12.6. The van der Waals surface area contributed by atoms with E-state index in [1.165, 1.54) is 24.3 Å². The molecule has 0 aromatic heterocycles. The van der Waals surface area contributed by atoms with E-state index in [0.717, 1.165) is 18.4 Å². The minimum Gasteiger partial charge on any atom is -0.490 e. The minimum absolute atomic E-state index is 0.140. The van der Waals surface area contributed by atoms with Gasteiger partial charge in [-0.1, -0.05) is 11.6 Å². The van der Waals surface area contributed by atoms with Gasteiger partial charge in [-0.15, -0.1) is 0 Å². The third-order valence-corrected chi connectivity index (χ3v) is 9.56. The summed E-state index contributed by atoms with van der Waals surface area (Å²) in [6, 6.07) is 7.06. The van der Waals surface area contributed by atoms with Crippen molar-refractivity contribution in [2.45, 2.75) is 22.2 Å². The van der Waals surface area contributed by atoms with E-state index in [2.05, 4.69) is 0 Å². The van der Waals surface area contributed by atoms with E-state index in [9.17, 15) is 21.2 Å². The van der Waals surface area contributed by atoms with E-state index in [1.807, 2.05) is 0 Å². The van der Waals surface area contributed by atoms with Crippen molar-refractivity contribution >= 4 is 31.3 Å². The molecule has 11 heteroatoms. The van der Waals surface area contributed by atoms with Gasteiger partial charge >= 0.3 is 0 Å². The molecule has 4 rings (SSSR count). The summed E-state index contributed by atoms with van der Waals surface area (Å²) < 4.78 is 90.8. The van der Waals surface area contributed by atoms with Crippen LogP contribution in [0.1, 0.15) is 12.0 Å². The lowest BCUT2D eigenvalue weighted by atomic mass is 9.76. The number of hydrogen-bond acceptors (Lipinski definition) is 6. The summed E-state index contributed by atoms with van der Waals surface area (Å²) >= 11 is 5.89. The number of ether oxygens (including phenoxy) is 2. The van der Waals surface area contributed by atoms with Crippen molar-refractivity contribution in [3.05, 3.63) is 58.6 Å². The Morgan fingerprint density at radius 2 is 1.71 bits per heavy atom. The molecule has 0 aliphatic carbocycles. The molecule has 0 amide bonds. The Morgan fingerprint density at radius 1 is 1.06 bits per heavy atom. The Bertz CT molecular complexity index is 1230. The van der Waals surface area contributed by atoms with Crippen molar-refractivity contribution in [3.8, 4) is 5.75 Å². The molecule has 6 nitrogen and oxygen atoms in total. The van der Waals surface area contributed by atoms with Gasteiger partial charge in [0.15, 0.2) is 21.4 Å². The molecule has 2 heterocycles. The molecule has 2 aliphatic rings. The zero-order valence-electron chi connectivity index (χ0n) is 16.3. The Hall–Kier alpha value is -1.75. The van der Waals surface area contributed by atoms with E-state index in [4.69, 9.17) is 21.1 Å². The van der Waals surface area contributed by atoms with E-state index < -0.39 is 65.1 Å². The first-order chi connectivity index (χ1) is 14.5. The first kappa shape index (κ1) is 22.4. The molecule has 0 saturated carbocycles. The average Bonchev–Trinajstić information content (AvgIpc) is 2.69. The van der Waals surface area contributed by atoms with Gasteiger partial charge in [0.05, 0.1) is 28.9 Å². The Morgan fingerprint density at radius 3 is 2.35 bits per heavy atom. The number of halogens is 3. The fourth-order valence-corrected chi connectivity index (χ4v) is 7.91. The molecule has 2 aromatic carbocycles. The van der Waals surface area contributed by atoms with Gasteiger partial charge in [-0.05, 0) is 42.8 Å². The maximum atomic E-state index is 15.2. The zero-order chi connectivity index (χ0) is 22.6. The fraction of sp³-hybridized carbons (Fsp3) is 0.400. The number of sulfone groups is 2.